The zero-order valence-electron chi connectivity index (χ0n) is 15.3. The summed E-state index contributed by atoms with van der Waals surface area (Å²) in [7, 11) is 0. The summed E-state index contributed by atoms with van der Waals surface area (Å²) in [5, 5.41) is 9.15. The predicted molar refractivity (Wildman–Crippen MR) is 93.5 cm³/mol. The molecule has 2 aliphatic rings. The SMILES string of the molecule is CC(C)(C)OC(=O)N1CC[C@H]1COc1cncc(C[C@H]2C[C@@H]2CO)c1. The lowest BCUT2D eigenvalue weighted by atomic mass is 10.1. The second-order valence-corrected chi connectivity index (χ2v) is 8.10. The molecule has 2 fully saturated rings. The van der Waals surface area contributed by atoms with Crippen LogP contribution in [0.2, 0.25) is 0 Å². The van der Waals surface area contributed by atoms with Crippen molar-refractivity contribution in [1.82, 2.24) is 9.88 Å². The number of rotatable bonds is 6. The molecule has 0 spiro atoms. The fourth-order valence-electron chi connectivity index (χ4n) is 3.11. The van der Waals surface area contributed by atoms with Crippen LogP contribution in [-0.2, 0) is 11.2 Å². The predicted octanol–water partition coefficient (Wildman–Crippen LogP) is 2.64. The number of carbonyl (C=O) groups is 1. The third-order valence-corrected chi connectivity index (χ3v) is 4.79. The Morgan fingerprint density at radius 1 is 1.36 bits per heavy atom. The fraction of sp³-hybridized carbons (Fsp3) is 0.684. The lowest BCUT2D eigenvalue weighted by Crippen LogP contribution is -2.55. The van der Waals surface area contributed by atoms with Crippen LogP contribution in [0.4, 0.5) is 4.79 Å². The van der Waals surface area contributed by atoms with Crippen LogP contribution in [-0.4, -0.2) is 52.5 Å². The Bertz CT molecular complexity index is 614. The Labute approximate surface area is 149 Å². The molecule has 0 aromatic carbocycles. The zero-order chi connectivity index (χ0) is 18.0. The molecule has 1 aromatic rings. The zero-order valence-corrected chi connectivity index (χ0v) is 15.3. The first-order chi connectivity index (χ1) is 11.9. The van der Waals surface area contributed by atoms with E-state index in [4.69, 9.17) is 14.6 Å². The number of aromatic nitrogens is 1. The summed E-state index contributed by atoms with van der Waals surface area (Å²) in [5.41, 5.74) is 0.655. The fourth-order valence-corrected chi connectivity index (χ4v) is 3.11. The standard InChI is InChI=1S/C19H28N2O4/c1-19(2,3)25-18(23)21-5-4-16(21)12-24-17-7-13(9-20-10-17)6-14-8-15(14)11-22/h7,9-10,14-16,22H,4-6,8,11-12H2,1-3H3/t14-,15+,16-/m0/s1. The van der Waals surface area contributed by atoms with Gasteiger partial charge in [-0.2, -0.15) is 0 Å². The minimum Gasteiger partial charge on any atom is -0.490 e. The van der Waals surface area contributed by atoms with E-state index in [0.29, 0.717) is 25.0 Å². The van der Waals surface area contributed by atoms with E-state index in [9.17, 15) is 4.79 Å². The maximum atomic E-state index is 12.1. The molecule has 1 aromatic heterocycles. The summed E-state index contributed by atoms with van der Waals surface area (Å²) < 4.78 is 11.3. The van der Waals surface area contributed by atoms with E-state index in [1.54, 1.807) is 11.1 Å². The number of nitrogens with zero attached hydrogens (tertiary/aromatic N) is 2. The average Bonchev–Trinajstić information content (AvgIpc) is 3.23. The smallest absolute Gasteiger partial charge is 0.410 e. The Morgan fingerprint density at radius 2 is 2.16 bits per heavy atom. The minimum atomic E-state index is -0.481. The second-order valence-electron chi connectivity index (χ2n) is 8.10. The van der Waals surface area contributed by atoms with Gasteiger partial charge in [-0.15, -0.1) is 0 Å². The van der Waals surface area contributed by atoms with Crippen molar-refractivity contribution in [1.29, 1.82) is 0 Å². The molecule has 1 aliphatic heterocycles. The van der Waals surface area contributed by atoms with Crippen LogP contribution in [0.5, 0.6) is 5.75 Å². The van der Waals surface area contributed by atoms with Gasteiger partial charge in [-0.05, 0) is 63.5 Å². The number of amides is 1. The topological polar surface area (TPSA) is 71.9 Å². The van der Waals surface area contributed by atoms with Crippen LogP contribution in [0.3, 0.4) is 0 Å². The number of ether oxygens (including phenoxy) is 2. The first-order valence-electron chi connectivity index (χ1n) is 9.03. The van der Waals surface area contributed by atoms with E-state index < -0.39 is 5.60 Å². The molecule has 0 unspecified atom stereocenters. The van der Waals surface area contributed by atoms with Crippen molar-refractivity contribution in [2.24, 2.45) is 11.8 Å². The summed E-state index contributed by atoms with van der Waals surface area (Å²) in [6.45, 7) is 7.05. The van der Waals surface area contributed by atoms with Gasteiger partial charge in [0.1, 0.15) is 18.0 Å². The highest BCUT2D eigenvalue weighted by Gasteiger charge is 2.37. The van der Waals surface area contributed by atoms with Gasteiger partial charge in [0.15, 0.2) is 0 Å². The number of carbonyl (C=O) groups excluding carboxylic acids is 1. The largest absolute Gasteiger partial charge is 0.490 e. The minimum absolute atomic E-state index is 0.0562. The number of likely N-dealkylation sites (tertiary alicyclic amines) is 1. The molecule has 0 bridgehead atoms. The molecule has 1 amide bonds. The molecule has 1 N–H and O–H groups in total. The summed E-state index contributed by atoms with van der Waals surface area (Å²) in [4.78, 5) is 18.1. The molecular weight excluding hydrogens is 320 g/mol. The molecule has 2 heterocycles. The number of pyridine rings is 1. The van der Waals surface area contributed by atoms with E-state index in [0.717, 1.165) is 30.6 Å². The van der Waals surface area contributed by atoms with Gasteiger partial charge in [0.25, 0.3) is 0 Å². The van der Waals surface area contributed by atoms with Crippen molar-refractivity contribution >= 4 is 6.09 Å². The lowest BCUT2D eigenvalue weighted by molar-refractivity contribution is -0.0141. The molecule has 6 heteroatoms. The van der Waals surface area contributed by atoms with Crippen molar-refractivity contribution < 1.29 is 19.4 Å². The highest BCUT2D eigenvalue weighted by molar-refractivity contribution is 5.69. The second kappa shape index (κ2) is 7.20. The Balaban J connectivity index is 1.48. The number of aliphatic hydroxyl groups is 1. The molecule has 0 radical (unpaired) electrons. The summed E-state index contributed by atoms with van der Waals surface area (Å²) >= 11 is 0. The van der Waals surface area contributed by atoms with Gasteiger partial charge in [0.05, 0.1) is 12.2 Å². The van der Waals surface area contributed by atoms with E-state index in [1.807, 2.05) is 33.0 Å². The number of aliphatic hydroxyl groups excluding tert-OH is 1. The van der Waals surface area contributed by atoms with Crippen molar-refractivity contribution in [3.63, 3.8) is 0 Å². The van der Waals surface area contributed by atoms with Gasteiger partial charge in [0.2, 0.25) is 0 Å². The van der Waals surface area contributed by atoms with Gasteiger partial charge in [0, 0.05) is 19.3 Å². The molecule has 1 saturated carbocycles. The van der Waals surface area contributed by atoms with Crippen molar-refractivity contribution in [3.8, 4) is 5.75 Å². The normalized spacial score (nSPS) is 25.3. The Hall–Kier alpha value is -1.82. The van der Waals surface area contributed by atoms with Crippen molar-refractivity contribution in [3.05, 3.63) is 24.0 Å². The van der Waals surface area contributed by atoms with Crippen LogP contribution in [0.1, 0.15) is 39.2 Å². The quantitative estimate of drug-likeness (QED) is 0.856. The van der Waals surface area contributed by atoms with Gasteiger partial charge < -0.3 is 19.5 Å². The monoisotopic (exact) mass is 348 g/mol. The molecule has 138 valence electrons. The van der Waals surface area contributed by atoms with Crippen molar-refractivity contribution in [2.45, 2.75) is 51.7 Å². The average molecular weight is 348 g/mol. The van der Waals surface area contributed by atoms with Crippen molar-refractivity contribution in [2.75, 3.05) is 19.8 Å². The Kier molecular flexibility index (Phi) is 5.18. The van der Waals surface area contributed by atoms with E-state index >= 15 is 0 Å². The molecular formula is C19H28N2O4. The maximum absolute atomic E-state index is 12.1. The van der Waals surface area contributed by atoms with Gasteiger partial charge >= 0.3 is 6.09 Å². The van der Waals surface area contributed by atoms with Gasteiger partial charge in [-0.25, -0.2) is 4.79 Å². The first kappa shape index (κ1) is 18.0. The van der Waals surface area contributed by atoms with Gasteiger partial charge in [-0.1, -0.05) is 0 Å². The van der Waals surface area contributed by atoms with Crippen LogP contribution in [0, 0.1) is 11.8 Å². The van der Waals surface area contributed by atoms with Crippen LogP contribution < -0.4 is 4.74 Å². The van der Waals surface area contributed by atoms with E-state index in [-0.39, 0.29) is 18.7 Å². The lowest BCUT2D eigenvalue weighted by Gasteiger charge is -2.40. The number of hydrogen-bond donors (Lipinski definition) is 1. The third kappa shape index (κ3) is 4.84. The Morgan fingerprint density at radius 3 is 2.76 bits per heavy atom. The number of hydrogen-bond acceptors (Lipinski definition) is 5. The highest BCUT2D eigenvalue weighted by atomic mass is 16.6. The summed E-state index contributed by atoms with van der Waals surface area (Å²) in [6, 6.07) is 2.07. The molecule has 1 aliphatic carbocycles. The molecule has 3 rings (SSSR count). The van der Waals surface area contributed by atoms with Crippen LogP contribution >= 0.6 is 0 Å². The van der Waals surface area contributed by atoms with Crippen LogP contribution in [0.15, 0.2) is 18.5 Å². The summed E-state index contributed by atoms with van der Waals surface area (Å²) in [6.07, 6.45) is 6.24. The molecule has 6 nitrogen and oxygen atoms in total. The maximum Gasteiger partial charge on any atom is 0.410 e. The van der Waals surface area contributed by atoms with E-state index in [1.165, 1.54) is 0 Å². The van der Waals surface area contributed by atoms with Crippen LogP contribution in [0.25, 0.3) is 0 Å². The first-order valence-corrected chi connectivity index (χ1v) is 9.03. The molecule has 3 atom stereocenters. The summed E-state index contributed by atoms with van der Waals surface area (Å²) in [5.74, 6) is 1.74. The molecule has 25 heavy (non-hydrogen) atoms. The van der Waals surface area contributed by atoms with E-state index in [2.05, 4.69) is 4.98 Å². The highest BCUT2D eigenvalue weighted by Crippen LogP contribution is 2.40. The molecule has 1 saturated heterocycles. The third-order valence-electron chi connectivity index (χ3n) is 4.79. The van der Waals surface area contributed by atoms with Gasteiger partial charge in [-0.3, -0.25) is 4.98 Å².